The third-order valence-corrected chi connectivity index (χ3v) is 2.80. The molecule has 0 aliphatic carbocycles. The summed E-state index contributed by atoms with van der Waals surface area (Å²) >= 11 is 5.38. The Morgan fingerprint density at radius 1 is 1.32 bits per heavy atom. The van der Waals surface area contributed by atoms with Gasteiger partial charge < -0.3 is 14.6 Å². The van der Waals surface area contributed by atoms with Crippen LogP contribution in [0.3, 0.4) is 0 Å². The normalized spacial score (nSPS) is 11.7. The fourth-order valence-corrected chi connectivity index (χ4v) is 1.76. The van der Waals surface area contributed by atoms with Crippen LogP contribution in [0.5, 0.6) is 11.5 Å². The highest BCUT2D eigenvalue weighted by Crippen LogP contribution is 2.32. The number of hydrogen-bond acceptors (Lipinski definition) is 3. The number of hydrogen-bond donors (Lipinski definition) is 1. The van der Waals surface area contributed by atoms with Crippen LogP contribution in [0.2, 0.25) is 0 Å². The molecule has 19 heavy (non-hydrogen) atoms. The summed E-state index contributed by atoms with van der Waals surface area (Å²) in [5.74, 6) is 1.28. The van der Waals surface area contributed by atoms with Crippen molar-refractivity contribution in [3.63, 3.8) is 0 Å². The van der Waals surface area contributed by atoms with Crippen LogP contribution in [0, 0.1) is 0 Å². The molecule has 1 aliphatic rings. The van der Waals surface area contributed by atoms with Gasteiger partial charge in [-0.05, 0) is 24.1 Å². The zero-order valence-corrected chi connectivity index (χ0v) is 11.8. The number of rotatable bonds is 5. The lowest BCUT2D eigenvalue weighted by molar-refractivity contribution is -0.136. The number of aliphatic carboxylic acids is 1. The molecule has 1 heterocycles. The minimum absolute atomic E-state index is 0.0106. The van der Waals surface area contributed by atoms with E-state index in [9.17, 15) is 4.79 Å². The number of fused-ring (bicyclic) bond motifs is 1. The molecule has 0 unspecified atom stereocenters. The van der Waals surface area contributed by atoms with Crippen molar-refractivity contribution >= 4 is 17.6 Å². The lowest BCUT2D eigenvalue weighted by Crippen LogP contribution is -1.99. The number of unbranched alkanes of at least 4 members (excludes halogenated alkanes) is 2. The van der Waals surface area contributed by atoms with Crippen LogP contribution in [0.1, 0.15) is 31.7 Å². The van der Waals surface area contributed by atoms with Crippen LogP contribution in [0.15, 0.2) is 18.2 Å². The SMILES string of the molecule is CCCCCCl.O=C(O)Cc1ccc2c(c1)OCO2. The largest absolute Gasteiger partial charge is 0.481 e. The minimum Gasteiger partial charge on any atom is -0.481 e. The van der Waals surface area contributed by atoms with Gasteiger partial charge >= 0.3 is 5.97 Å². The van der Waals surface area contributed by atoms with Gasteiger partial charge in [0.25, 0.3) is 0 Å². The molecule has 2 rings (SSSR count). The number of carboxylic acid groups (broad SMARTS) is 1. The highest BCUT2D eigenvalue weighted by molar-refractivity contribution is 6.17. The predicted molar refractivity (Wildman–Crippen MR) is 74.1 cm³/mol. The molecule has 0 saturated carbocycles. The molecular weight excluding hydrogens is 268 g/mol. The van der Waals surface area contributed by atoms with Crippen LogP contribution >= 0.6 is 11.6 Å². The number of carbonyl (C=O) groups is 1. The topological polar surface area (TPSA) is 55.8 Å². The van der Waals surface area contributed by atoms with Crippen molar-refractivity contribution in [1.82, 2.24) is 0 Å². The lowest BCUT2D eigenvalue weighted by atomic mass is 10.1. The summed E-state index contributed by atoms with van der Waals surface area (Å²) < 4.78 is 10.2. The maximum absolute atomic E-state index is 10.4. The Labute approximate surface area is 118 Å². The van der Waals surface area contributed by atoms with Gasteiger partial charge in [-0.3, -0.25) is 4.79 Å². The second-order valence-electron chi connectivity index (χ2n) is 4.15. The fraction of sp³-hybridized carbons (Fsp3) is 0.500. The van der Waals surface area contributed by atoms with Crippen molar-refractivity contribution < 1.29 is 19.4 Å². The molecule has 0 bridgehead atoms. The predicted octanol–water partition coefficient (Wildman–Crippen LogP) is 3.46. The highest BCUT2D eigenvalue weighted by atomic mass is 35.5. The number of ether oxygens (including phenoxy) is 2. The molecule has 0 radical (unpaired) electrons. The van der Waals surface area contributed by atoms with Gasteiger partial charge in [-0.2, -0.15) is 0 Å². The average molecular weight is 287 g/mol. The summed E-state index contributed by atoms with van der Waals surface area (Å²) in [5, 5.41) is 8.54. The molecule has 106 valence electrons. The minimum atomic E-state index is -0.848. The zero-order valence-electron chi connectivity index (χ0n) is 11.0. The van der Waals surface area contributed by atoms with Crippen LogP contribution < -0.4 is 9.47 Å². The van der Waals surface area contributed by atoms with E-state index in [1.54, 1.807) is 18.2 Å². The van der Waals surface area contributed by atoms with E-state index in [1.165, 1.54) is 19.3 Å². The van der Waals surface area contributed by atoms with Crippen LogP contribution in [-0.4, -0.2) is 23.7 Å². The smallest absolute Gasteiger partial charge is 0.307 e. The molecule has 0 saturated heterocycles. The van der Waals surface area contributed by atoms with E-state index < -0.39 is 5.97 Å². The number of halogens is 1. The third-order valence-electron chi connectivity index (χ3n) is 2.53. The zero-order chi connectivity index (χ0) is 14.1. The molecule has 0 amide bonds. The van der Waals surface area contributed by atoms with Gasteiger partial charge in [-0.1, -0.05) is 25.8 Å². The Morgan fingerprint density at radius 3 is 2.63 bits per heavy atom. The van der Waals surface area contributed by atoms with Gasteiger partial charge in [0, 0.05) is 5.88 Å². The number of alkyl halides is 1. The molecule has 0 fully saturated rings. The molecule has 1 aliphatic heterocycles. The van der Waals surface area contributed by atoms with Gasteiger partial charge in [-0.25, -0.2) is 0 Å². The van der Waals surface area contributed by atoms with E-state index in [2.05, 4.69) is 6.92 Å². The van der Waals surface area contributed by atoms with Gasteiger partial charge in [0.05, 0.1) is 6.42 Å². The molecular formula is C14H19ClO4. The fourth-order valence-electron chi connectivity index (χ4n) is 1.57. The molecule has 4 nitrogen and oxygen atoms in total. The number of carboxylic acids is 1. The maximum atomic E-state index is 10.4. The van der Waals surface area contributed by atoms with Crippen molar-refractivity contribution in [2.45, 2.75) is 32.6 Å². The van der Waals surface area contributed by atoms with Crippen molar-refractivity contribution in [1.29, 1.82) is 0 Å². The van der Waals surface area contributed by atoms with Gasteiger partial charge in [0.2, 0.25) is 6.79 Å². The van der Waals surface area contributed by atoms with Crippen LogP contribution in [-0.2, 0) is 11.2 Å². The summed E-state index contributed by atoms with van der Waals surface area (Å²) in [6.07, 6.45) is 3.74. The van der Waals surface area contributed by atoms with Gasteiger partial charge in [-0.15, -0.1) is 11.6 Å². The molecule has 1 N–H and O–H groups in total. The van der Waals surface area contributed by atoms with E-state index in [-0.39, 0.29) is 13.2 Å². The van der Waals surface area contributed by atoms with E-state index in [1.807, 2.05) is 0 Å². The first kappa shape index (κ1) is 15.6. The molecule has 0 atom stereocenters. The summed E-state index contributed by atoms with van der Waals surface area (Å²) in [6.45, 7) is 2.39. The molecule has 0 spiro atoms. The summed E-state index contributed by atoms with van der Waals surface area (Å²) in [6, 6.07) is 5.14. The van der Waals surface area contributed by atoms with Crippen molar-refractivity contribution in [3.05, 3.63) is 23.8 Å². The van der Waals surface area contributed by atoms with Crippen LogP contribution in [0.25, 0.3) is 0 Å². The van der Waals surface area contributed by atoms with Crippen molar-refractivity contribution in [2.75, 3.05) is 12.7 Å². The van der Waals surface area contributed by atoms with E-state index >= 15 is 0 Å². The van der Waals surface area contributed by atoms with E-state index in [4.69, 9.17) is 26.2 Å². The molecule has 0 aromatic heterocycles. The first-order valence-electron chi connectivity index (χ1n) is 6.33. The summed E-state index contributed by atoms with van der Waals surface area (Å²) in [4.78, 5) is 10.4. The second-order valence-corrected chi connectivity index (χ2v) is 4.53. The Balaban J connectivity index is 0.000000258. The summed E-state index contributed by atoms with van der Waals surface area (Å²) in [5.41, 5.74) is 0.719. The Morgan fingerprint density at radius 2 is 2.05 bits per heavy atom. The van der Waals surface area contributed by atoms with Crippen molar-refractivity contribution in [3.8, 4) is 11.5 Å². The van der Waals surface area contributed by atoms with Gasteiger partial charge in [0.1, 0.15) is 0 Å². The first-order chi connectivity index (χ1) is 9.17. The maximum Gasteiger partial charge on any atom is 0.307 e. The third kappa shape index (κ3) is 5.83. The van der Waals surface area contributed by atoms with E-state index in [0.29, 0.717) is 11.5 Å². The monoisotopic (exact) mass is 286 g/mol. The molecule has 1 aromatic rings. The highest BCUT2D eigenvalue weighted by Gasteiger charge is 2.13. The quantitative estimate of drug-likeness (QED) is 0.665. The first-order valence-corrected chi connectivity index (χ1v) is 6.87. The Bertz CT molecular complexity index is 402. The molecule has 5 heteroatoms. The standard InChI is InChI=1S/C9H8O4.C5H11Cl/c10-9(11)4-6-1-2-7-8(3-6)13-5-12-7;1-2-3-4-5-6/h1-3H,4-5H2,(H,10,11);2-5H2,1H3. The van der Waals surface area contributed by atoms with Crippen LogP contribution in [0.4, 0.5) is 0 Å². The van der Waals surface area contributed by atoms with E-state index in [0.717, 1.165) is 11.4 Å². The van der Waals surface area contributed by atoms with Crippen molar-refractivity contribution in [2.24, 2.45) is 0 Å². The molecule has 1 aromatic carbocycles. The average Bonchev–Trinajstić information content (AvgIpc) is 2.83. The Kier molecular flexibility index (Phi) is 7.11. The number of benzene rings is 1. The second kappa shape index (κ2) is 8.64. The lowest BCUT2D eigenvalue weighted by Gasteiger charge is -1.98. The van der Waals surface area contributed by atoms with Gasteiger partial charge in [0.15, 0.2) is 11.5 Å². The summed E-state index contributed by atoms with van der Waals surface area (Å²) in [7, 11) is 0. The Hall–Kier alpha value is -1.42.